The van der Waals surface area contributed by atoms with Gasteiger partial charge in [0.1, 0.15) is 18.8 Å². The average molecular weight is 579 g/mol. The number of carbonyl (C=O) groups excluding carboxylic acids is 6. The van der Waals surface area contributed by atoms with Crippen LogP contribution in [0.15, 0.2) is 0 Å². The Morgan fingerprint density at radius 3 is 1.52 bits per heavy atom. The van der Waals surface area contributed by atoms with E-state index in [-0.39, 0.29) is 0 Å². The predicted octanol–water partition coefficient (Wildman–Crippen LogP) is -0.945. The van der Waals surface area contributed by atoms with Gasteiger partial charge in [-0.15, -0.1) is 0 Å². The maximum atomic E-state index is 12.1. The van der Waals surface area contributed by atoms with Crippen molar-refractivity contribution >= 4 is 35.8 Å². The Hall–Kier alpha value is -3.34. The number of hydrogen-bond donors (Lipinski definition) is 1. The minimum absolute atomic E-state index is 0.523. The van der Waals surface area contributed by atoms with E-state index in [0.717, 1.165) is 41.5 Å². The predicted molar refractivity (Wildman–Crippen MR) is 124 cm³/mol. The molecule has 0 amide bonds. The van der Waals surface area contributed by atoms with Crippen molar-refractivity contribution in [1.29, 1.82) is 0 Å². The van der Waals surface area contributed by atoms with Crippen LogP contribution in [0.25, 0.3) is 0 Å². The van der Waals surface area contributed by atoms with Gasteiger partial charge in [-0.2, -0.15) is 0 Å². The van der Waals surface area contributed by atoms with Crippen LogP contribution in [-0.4, -0.2) is 109 Å². The zero-order chi connectivity index (χ0) is 30.3. The first-order chi connectivity index (χ1) is 18.6. The molecular weight excluding hydrogens is 544 g/mol. The number of rotatable bonds is 9. The van der Waals surface area contributed by atoms with Crippen molar-refractivity contribution in [2.75, 3.05) is 6.61 Å². The van der Waals surface area contributed by atoms with Crippen LogP contribution in [0.2, 0.25) is 0 Å². The molecule has 2 aliphatic rings. The van der Waals surface area contributed by atoms with Gasteiger partial charge in [0.25, 0.3) is 0 Å². The van der Waals surface area contributed by atoms with Crippen molar-refractivity contribution in [3.63, 3.8) is 0 Å². The summed E-state index contributed by atoms with van der Waals surface area (Å²) in [4.78, 5) is 71.3. The van der Waals surface area contributed by atoms with Gasteiger partial charge in [0.15, 0.2) is 43.1 Å². The smallest absolute Gasteiger partial charge is 0.303 e. The average Bonchev–Trinajstić information content (AvgIpc) is 2.80. The van der Waals surface area contributed by atoms with Gasteiger partial charge in [0.05, 0.1) is 6.10 Å². The van der Waals surface area contributed by atoms with E-state index in [2.05, 4.69) is 0 Å². The van der Waals surface area contributed by atoms with Crippen molar-refractivity contribution in [2.45, 2.75) is 110 Å². The second-order valence-corrected chi connectivity index (χ2v) is 9.05. The Morgan fingerprint density at radius 2 is 1.02 bits per heavy atom. The molecule has 1 unspecified atom stereocenters. The summed E-state index contributed by atoms with van der Waals surface area (Å²) in [5.74, 6) is -4.91. The molecule has 2 heterocycles. The molecule has 0 aliphatic carbocycles. The molecule has 1 N–H and O–H groups in total. The van der Waals surface area contributed by atoms with Gasteiger partial charge < -0.3 is 47.7 Å². The van der Waals surface area contributed by atoms with Crippen LogP contribution in [0.4, 0.5) is 0 Å². The lowest BCUT2D eigenvalue weighted by molar-refractivity contribution is -0.355. The lowest BCUT2D eigenvalue weighted by Crippen LogP contribution is -2.66. The fourth-order valence-corrected chi connectivity index (χ4v) is 4.27. The van der Waals surface area contributed by atoms with E-state index in [4.69, 9.17) is 42.6 Å². The summed E-state index contributed by atoms with van der Waals surface area (Å²) < 4.78 is 48.9. The fraction of sp³-hybridized carbons (Fsp3) is 0.750. The second-order valence-electron chi connectivity index (χ2n) is 9.05. The summed E-state index contributed by atoms with van der Waals surface area (Å²) in [6.07, 6.45) is -14.8. The first-order valence-corrected chi connectivity index (χ1v) is 12.2. The highest BCUT2D eigenvalue weighted by atomic mass is 16.8. The molecule has 0 aromatic rings. The van der Waals surface area contributed by atoms with Crippen LogP contribution in [0.1, 0.15) is 48.5 Å². The van der Waals surface area contributed by atoms with E-state index < -0.39 is 104 Å². The van der Waals surface area contributed by atoms with Gasteiger partial charge >= 0.3 is 35.8 Å². The third-order valence-electron chi connectivity index (χ3n) is 5.59. The van der Waals surface area contributed by atoms with Crippen LogP contribution in [0.5, 0.6) is 0 Å². The molecule has 2 rings (SSSR count). The van der Waals surface area contributed by atoms with Crippen molar-refractivity contribution in [3.05, 3.63) is 0 Å². The molecule has 226 valence electrons. The van der Waals surface area contributed by atoms with Gasteiger partial charge in [-0.3, -0.25) is 28.8 Å². The van der Waals surface area contributed by atoms with E-state index in [9.17, 15) is 33.9 Å². The van der Waals surface area contributed by atoms with Gasteiger partial charge in [0.2, 0.25) is 0 Å². The Labute approximate surface area is 229 Å². The lowest BCUT2D eigenvalue weighted by atomic mass is 9.96. The van der Waals surface area contributed by atoms with Crippen molar-refractivity contribution in [3.8, 4) is 0 Å². The molecule has 0 bridgehead atoms. The standard InChI is InChI=1S/C24H34O16/c1-9-17(34-11(3)26)19(21(23(31)33-9)37-14(6)29)40-24-22(38-15(7)30)20(36-13(5)28)18(35-12(4)27)16(39-24)8-32-10(2)25/h9,16-24,31H,8H2,1-7H3/t9-,16+,17-,18+,19+,20-,21+,22+,23?,24+/m0/s1. The van der Waals surface area contributed by atoms with Crippen LogP contribution in [-0.2, 0) is 71.4 Å². The fourth-order valence-electron chi connectivity index (χ4n) is 4.27. The molecule has 40 heavy (non-hydrogen) atoms. The molecular formula is C24H34O16. The number of aliphatic hydroxyl groups is 1. The maximum Gasteiger partial charge on any atom is 0.303 e. The molecule has 10 atom stereocenters. The van der Waals surface area contributed by atoms with Crippen LogP contribution >= 0.6 is 0 Å². The molecule has 2 fully saturated rings. The zero-order valence-electron chi connectivity index (χ0n) is 23.1. The molecule has 2 saturated heterocycles. The third kappa shape index (κ3) is 9.11. The number of esters is 6. The SMILES string of the molecule is CC(=O)OC[C@H]1O[C@H](O[C@@H]2[C@@H](OC(C)=O)[C@H](C)OC(O)[C@@H]2OC(C)=O)[C@H](OC(C)=O)[C@@H](OC(C)=O)[C@@H]1OC(C)=O. The summed E-state index contributed by atoms with van der Waals surface area (Å²) in [5, 5.41) is 10.5. The van der Waals surface area contributed by atoms with Gasteiger partial charge in [-0.1, -0.05) is 0 Å². The summed E-state index contributed by atoms with van der Waals surface area (Å²) in [6, 6.07) is 0. The summed E-state index contributed by atoms with van der Waals surface area (Å²) in [6.45, 7) is 7.34. The molecule has 0 saturated carbocycles. The molecule has 0 aromatic heterocycles. The molecule has 2 aliphatic heterocycles. The van der Waals surface area contributed by atoms with Crippen molar-refractivity contribution < 1.29 is 76.5 Å². The Balaban J connectivity index is 2.60. The van der Waals surface area contributed by atoms with E-state index in [1.165, 1.54) is 6.92 Å². The van der Waals surface area contributed by atoms with E-state index in [1.807, 2.05) is 0 Å². The molecule has 0 radical (unpaired) electrons. The van der Waals surface area contributed by atoms with E-state index in [1.54, 1.807) is 0 Å². The minimum Gasteiger partial charge on any atom is -0.463 e. The minimum atomic E-state index is -1.75. The third-order valence-corrected chi connectivity index (χ3v) is 5.59. The topological polar surface area (TPSA) is 206 Å². The van der Waals surface area contributed by atoms with Gasteiger partial charge in [-0.25, -0.2) is 0 Å². The maximum absolute atomic E-state index is 12.1. The van der Waals surface area contributed by atoms with Crippen molar-refractivity contribution in [2.24, 2.45) is 0 Å². The quantitative estimate of drug-likeness (QED) is 0.259. The van der Waals surface area contributed by atoms with Crippen LogP contribution < -0.4 is 0 Å². The number of ether oxygens (including phenoxy) is 9. The highest BCUT2D eigenvalue weighted by Gasteiger charge is 2.56. The zero-order valence-corrected chi connectivity index (χ0v) is 23.1. The highest BCUT2D eigenvalue weighted by molar-refractivity contribution is 5.69. The Morgan fingerprint density at radius 1 is 0.575 bits per heavy atom. The Kier molecular flexibility index (Phi) is 11.8. The number of hydrogen-bond acceptors (Lipinski definition) is 16. The number of carbonyl (C=O) groups is 6. The summed E-state index contributed by atoms with van der Waals surface area (Å²) in [5.41, 5.74) is 0. The first kappa shape index (κ1) is 32.9. The molecule has 16 heteroatoms. The molecule has 16 nitrogen and oxygen atoms in total. The van der Waals surface area contributed by atoms with Gasteiger partial charge in [-0.05, 0) is 6.92 Å². The lowest BCUT2D eigenvalue weighted by Gasteiger charge is -2.48. The summed E-state index contributed by atoms with van der Waals surface area (Å²) in [7, 11) is 0. The van der Waals surface area contributed by atoms with Crippen LogP contribution in [0, 0.1) is 0 Å². The second kappa shape index (κ2) is 14.3. The summed E-state index contributed by atoms with van der Waals surface area (Å²) >= 11 is 0. The molecule has 0 spiro atoms. The monoisotopic (exact) mass is 578 g/mol. The van der Waals surface area contributed by atoms with Crippen molar-refractivity contribution in [1.82, 2.24) is 0 Å². The van der Waals surface area contributed by atoms with Crippen LogP contribution in [0.3, 0.4) is 0 Å². The highest BCUT2D eigenvalue weighted by Crippen LogP contribution is 2.34. The first-order valence-electron chi connectivity index (χ1n) is 12.2. The van der Waals surface area contributed by atoms with Gasteiger partial charge in [0, 0.05) is 41.5 Å². The largest absolute Gasteiger partial charge is 0.463 e. The number of aliphatic hydroxyl groups excluding tert-OH is 1. The molecule has 0 aromatic carbocycles. The Bertz CT molecular complexity index is 937. The van der Waals surface area contributed by atoms with E-state index >= 15 is 0 Å². The van der Waals surface area contributed by atoms with E-state index in [0.29, 0.717) is 0 Å². The normalized spacial score (nSPS) is 33.6.